The van der Waals surface area contributed by atoms with Crippen LogP contribution in [0.2, 0.25) is 0 Å². The molecule has 0 unspecified atom stereocenters. The second-order valence-electron chi connectivity index (χ2n) is 9.39. The molecule has 192 valence electrons. The summed E-state index contributed by atoms with van der Waals surface area (Å²) < 4.78 is 15.2. The van der Waals surface area contributed by atoms with Crippen LogP contribution in [0.1, 0.15) is 18.4 Å². The molecule has 1 fully saturated rings. The second-order valence-corrected chi connectivity index (χ2v) is 9.39. The highest BCUT2D eigenvalue weighted by molar-refractivity contribution is 5.88. The van der Waals surface area contributed by atoms with E-state index < -0.39 is 5.60 Å². The lowest BCUT2D eigenvalue weighted by molar-refractivity contribution is -0.0264. The summed E-state index contributed by atoms with van der Waals surface area (Å²) in [6.45, 7) is 2.48. The lowest BCUT2D eigenvalue weighted by Crippen LogP contribution is -2.44. The molecule has 37 heavy (non-hydrogen) atoms. The van der Waals surface area contributed by atoms with E-state index >= 15 is 0 Å². The zero-order valence-corrected chi connectivity index (χ0v) is 20.7. The molecular formula is C25H28N8O4. The number of nitrogens with zero attached hydrogens (tertiary/aromatic N) is 7. The number of aliphatic hydroxyl groups is 1. The number of fused-ring (bicyclic) bond motifs is 3. The quantitative estimate of drug-likeness (QED) is 0.353. The van der Waals surface area contributed by atoms with Crippen molar-refractivity contribution in [2.24, 2.45) is 7.05 Å². The Morgan fingerprint density at radius 2 is 1.86 bits per heavy atom. The minimum Gasteiger partial charge on any atom is -0.497 e. The van der Waals surface area contributed by atoms with Crippen LogP contribution in [-0.4, -0.2) is 65.5 Å². The number of rotatable bonds is 6. The van der Waals surface area contributed by atoms with E-state index in [1.54, 1.807) is 37.1 Å². The van der Waals surface area contributed by atoms with E-state index in [1.165, 1.54) is 9.08 Å². The predicted octanol–water partition coefficient (Wildman–Crippen LogP) is 1.61. The van der Waals surface area contributed by atoms with Gasteiger partial charge in [-0.1, -0.05) is 12.1 Å². The van der Waals surface area contributed by atoms with E-state index in [9.17, 15) is 9.90 Å². The molecule has 6 rings (SSSR count). The molecule has 0 amide bonds. The SMILES string of the molecule is COc1ccc(C2(O)CCN(CCn3c(=O)n(C)c4c3nc(N)n3nc(-c5ccco5)nc43)CC2)cc1. The Balaban J connectivity index is 1.23. The van der Waals surface area contributed by atoms with Crippen molar-refractivity contribution >= 4 is 22.8 Å². The molecular weight excluding hydrogens is 476 g/mol. The maximum Gasteiger partial charge on any atom is 0.330 e. The van der Waals surface area contributed by atoms with E-state index in [4.69, 9.17) is 14.9 Å². The van der Waals surface area contributed by atoms with Crippen LogP contribution >= 0.6 is 0 Å². The van der Waals surface area contributed by atoms with Gasteiger partial charge in [-0.25, -0.2) is 9.78 Å². The summed E-state index contributed by atoms with van der Waals surface area (Å²) >= 11 is 0. The number of aromatic nitrogens is 6. The van der Waals surface area contributed by atoms with E-state index in [0.717, 1.165) is 11.3 Å². The minimum atomic E-state index is -0.875. The van der Waals surface area contributed by atoms with Crippen molar-refractivity contribution in [3.05, 3.63) is 58.7 Å². The van der Waals surface area contributed by atoms with Crippen molar-refractivity contribution in [1.82, 2.24) is 33.6 Å². The number of hydrogen-bond acceptors (Lipinski definition) is 9. The van der Waals surface area contributed by atoms with Crippen LogP contribution in [0.15, 0.2) is 51.9 Å². The molecule has 0 spiro atoms. The van der Waals surface area contributed by atoms with Gasteiger partial charge in [-0.05, 0) is 42.7 Å². The highest BCUT2D eigenvalue weighted by Crippen LogP contribution is 2.33. The largest absolute Gasteiger partial charge is 0.497 e. The number of ether oxygens (including phenoxy) is 1. The molecule has 1 aromatic carbocycles. The van der Waals surface area contributed by atoms with Gasteiger partial charge < -0.3 is 24.9 Å². The normalized spacial score (nSPS) is 16.1. The van der Waals surface area contributed by atoms with Crippen molar-refractivity contribution in [2.45, 2.75) is 25.0 Å². The number of piperidine rings is 1. The number of benzene rings is 1. The third kappa shape index (κ3) is 3.85. The number of imidazole rings is 1. The number of methoxy groups -OCH3 is 1. The van der Waals surface area contributed by atoms with Crippen molar-refractivity contribution in [3.8, 4) is 17.3 Å². The number of hydrogen-bond donors (Lipinski definition) is 2. The third-order valence-corrected chi connectivity index (χ3v) is 7.27. The van der Waals surface area contributed by atoms with E-state index in [-0.39, 0.29) is 11.6 Å². The van der Waals surface area contributed by atoms with Gasteiger partial charge in [-0.3, -0.25) is 9.13 Å². The smallest absolute Gasteiger partial charge is 0.330 e. The van der Waals surface area contributed by atoms with Gasteiger partial charge in [-0.2, -0.15) is 9.50 Å². The van der Waals surface area contributed by atoms with Gasteiger partial charge >= 0.3 is 5.69 Å². The number of nitrogens with two attached hydrogens (primary N) is 1. The van der Waals surface area contributed by atoms with Gasteiger partial charge in [0.1, 0.15) is 11.3 Å². The van der Waals surface area contributed by atoms with Gasteiger partial charge in [0, 0.05) is 33.2 Å². The van der Waals surface area contributed by atoms with Crippen molar-refractivity contribution < 1.29 is 14.3 Å². The predicted molar refractivity (Wildman–Crippen MR) is 136 cm³/mol. The number of aryl methyl sites for hydroxylation is 1. The molecule has 0 saturated carbocycles. The first kappa shape index (κ1) is 23.3. The Hall–Kier alpha value is -4.16. The Bertz CT molecular complexity index is 1620. The Morgan fingerprint density at radius 1 is 1.11 bits per heavy atom. The van der Waals surface area contributed by atoms with Gasteiger partial charge in [0.25, 0.3) is 0 Å². The molecule has 0 bridgehead atoms. The summed E-state index contributed by atoms with van der Waals surface area (Å²) in [5.41, 5.74) is 7.47. The summed E-state index contributed by atoms with van der Waals surface area (Å²) in [6, 6.07) is 11.1. The molecule has 0 atom stereocenters. The van der Waals surface area contributed by atoms with Gasteiger partial charge in [-0.15, -0.1) is 5.10 Å². The number of furan rings is 1. The molecule has 1 aliphatic heterocycles. The molecule has 4 aromatic heterocycles. The molecule has 12 heteroatoms. The highest BCUT2D eigenvalue weighted by Gasteiger charge is 2.34. The highest BCUT2D eigenvalue weighted by atomic mass is 16.5. The first-order valence-corrected chi connectivity index (χ1v) is 12.1. The van der Waals surface area contributed by atoms with Gasteiger partial charge in [0.2, 0.25) is 11.8 Å². The lowest BCUT2D eigenvalue weighted by atomic mass is 9.84. The summed E-state index contributed by atoms with van der Waals surface area (Å²) in [6.07, 6.45) is 2.75. The van der Waals surface area contributed by atoms with E-state index in [2.05, 4.69) is 20.0 Å². The average Bonchev–Trinajstić information content (AvgIpc) is 3.64. The lowest BCUT2D eigenvalue weighted by Gasteiger charge is -2.38. The van der Waals surface area contributed by atoms with Crippen LogP contribution in [0.4, 0.5) is 5.95 Å². The maximum atomic E-state index is 13.2. The molecule has 0 aliphatic carbocycles. The van der Waals surface area contributed by atoms with E-state index in [1.807, 2.05) is 24.3 Å². The molecule has 1 saturated heterocycles. The first-order valence-electron chi connectivity index (χ1n) is 12.1. The molecule has 3 N–H and O–H groups in total. The number of likely N-dealkylation sites (tertiary alicyclic amines) is 1. The standard InChI is InChI=1S/C25H28N8O4/c1-30-19-21(28-23(26)33-22(19)27-20(29-33)18-4-3-15-37-18)32(24(30)34)14-13-31-11-9-25(35,10-12-31)16-5-7-17(36-2)8-6-16/h3-8,15,35H,9-14H2,1-2H3,(H2,26,28). The zero-order valence-electron chi connectivity index (χ0n) is 20.7. The first-order chi connectivity index (χ1) is 17.9. The molecule has 0 radical (unpaired) electrons. The van der Waals surface area contributed by atoms with Crippen molar-refractivity contribution in [3.63, 3.8) is 0 Å². The van der Waals surface area contributed by atoms with Crippen LogP contribution in [0, 0.1) is 0 Å². The molecule has 12 nitrogen and oxygen atoms in total. The molecule has 5 aromatic rings. The minimum absolute atomic E-state index is 0.134. The maximum absolute atomic E-state index is 13.2. The average molecular weight is 505 g/mol. The van der Waals surface area contributed by atoms with Crippen LogP contribution in [0.3, 0.4) is 0 Å². The molecule has 1 aliphatic rings. The van der Waals surface area contributed by atoms with Crippen LogP contribution in [0.5, 0.6) is 5.75 Å². The van der Waals surface area contributed by atoms with Crippen LogP contribution in [0.25, 0.3) is 28.4 Å². The Kier molecular flexibility index (Phi) is 5.50. The zero-order chi connectivity index (χ0) is 25.7. The van der Waals surface area contributed by atoms with Crippen molar-refractivity contribution in [1.29, 1.82) is 0 Å². The monoisotopic (exact) mass is 504 g/mol. The second kappa shape index (κ2) is 8.75. The van der Waals surface area contributed by atoms with E-state index in [0.29, 0.717) is 67.4 Å². The fraction of sp³-hybridized carbons (Fsp3) is 0.360. The summed E-state index contributed by atoms with van der Waals surface area (Å²) in [5, 5.41) is 15.6. The Labute approximate surface area is 211 Å². The summed E-state index contributed by atoms with van der Waals surface area (Å²) in [7, 11) is 3.32. The van der Waals surface area contributed by atoms with Crippen LogP contribution < -0.4 is 16.2 Å². The topological polar surface area (TPSA) is 142 Å². The van der Waals surface area contributed by atoms with Gasteiger partial charge in [0.05, 0.1) is 19.0 Å². The molecule has 5 heterocycles. The van der Waals surface area contributed by atoms with Crippen molar-refractivity contribution in [2.75, 3.05) is 32.5 Å². The fourth-order valence-electron chi connectivity index (χ4n) is 5.08. The van der Waals surface area contributed by atoms with Crippen LogP contribution in [-0.2, 0) is 19.2 Å². The third-order valence-electron chi connectivity index (χ3n) is 7.27. The summed E-state index contributed by atoms with van der Waals surface area (Å²) in [4.78, 5) is 24.5. The Morgan fingerprint density at radius 3 is 2.54 bits per heavy atom. The summed E-state index contributed by atoms with van der Waals surface area (Å²) in [5.74, 6) is 1.76. The number of anilines is 1. The van der Waals surface area contributed by atoms with Gasteiger partial charge in [0.15, 0.2) is 17.1 Å². The number of nitrogen functional groups attached to an aromatic ring is 1. The fourth-order valence-corrected chi connectivity index (χ4v) is 5.08.